The Bertz CT molecular complexity index is 743. The summed E-state index contributed by atoms with van der Waals surface area (Å²) in [4.78, 5) is 25.8. The molecular weight excluding hydrogens is 338 g/mol. The SMILES string of the molecule is O=C(Nc1ccc(N2CCCCC2)cc1)[C@H]1CCCN(c2cnccn2)C1. The summed E-state index contributed by atoms with van der Waals surface area (Å²) in [6, 6.07) is 8.28. The molecule has 0 saturated carbocycles. The first-order chi connectivity index (χ1) is 13.3. The Morgan fingerprint density at radius 2 is 1.74 bits per heavy atom. The Hall–Kier alpha value is -2.63. The molecule has 1 N–H and O–H groups in total. The Kier molecular flexibility index (Phi) is 5.51. The lowest BCUT2D eigenvalue weighted by Crippen LogP contribution is -2.41. The van der Waals surface area contributed by atoms with E-state index in [0.717, 1.165) is 44.0 Å². The lowest BCUT2D eigenvalue weighted by molar-refractivity contribution is -0.120. The van der Waals surface area contributed by atoms with E-state index in [9.17, 15) is 4.79 Å². The number of nitrogens with zero attached hydrogens (tertiary/aromatic N) is 4. The molecule has 6 heteroatoms. The summed E-state index contributed by atoms with van der Waals surface area (Å²) in [5.74, 6) is 0.915. The first kappa shape index (κ1) is 17.8. The zero-order chi connectivity index (χ0) is 18.5. The van der Waals surface area contributed by atoms with Crippen molar-refractivity contribution >= 4 is 23.1 Å². The van der Waals surface area contributed by atoms with Gasteiger partial charge in [0.25, 0.3) is 0 Å². The van der Waals surface area contributed by atoms with Gasteiger partial charge in [0.15, 0.2) is 0 Å². The average molecular weight is 365 g/mol. The van der Waals surface area contributed by atoms with Gasteiger partial charge in [0.2, 0.25) is 5.91 Å². The van der Waals surface area contributed by atoms with E-state index in [-0.39, 0.29) is 11.8 Å². The van der Waals surface area contributed by atoms with Crippen LogP contribution in [0.5, 0.6) is 0 Å². The van der Waals surface area contributed by atoms with Crippen LogP contribution < -0.4 is 15.1 Å². The quantitative estimate of drug-likeness (QED) is 0.901. The van der Waals surface area contributed by atoms with Crippen molar-refractivity contribution in [3.05, 3.63) is 42.9 Å². The summed E-state index contributed by atoms with van der Waals surface area (Å²) in [7, 11) is 0. The molecule has 0 radical (unpaired) electrons. The largest absolute Gasteiger partial charge is 0.372 e. The van der Waals surface area contributed by atoms with Crippen LogP contribution in [0.15, 0.2) is 42.9 Å². The van der Waals surface area contributed by atoms with E-state index in [0.29, 0.717) is 6.54 Å². The van der Waals surface area contributed by atoms with E-state index in [2.05, 4.69) is 37.2 Å². The van der Waals surface area contributed by atoms with Gasteiger partial charge in [0.05, 0.1) is 12.1 Å². The second kappa shape index (κ2) is 8.37. The Morgan fingerprint density at radius 3 is 2.48 bits per heavy atom. The van der Waals surface area contributed by atoms with Crippen molar-refractivity contribution in [2.75, 3.05) is 41.3 Å². The summed E-state index contributed by atoms with van der Waals surface area (Å²) >= 11 is 0. The van der Waals surface area contributed by atoms with E-state index < -0.39 is 0 Å². The van der Waals surface area contributed by atoms with Gasteiger partial charge in [0.1, 0.15) is 5.82 Å². The van der Waals surface area contributed by atoms with Crippen LogP contribution in [0, 0.1) is 5.92 Å². The van der Waals surface area contributed by atoms with Gasteiger partial charge in [-0.25, -0.2) is 4.98 Å². The number of amides is 1. The Morgan fingerprint density at radius 1 is 0.963 bits per heavy atom. The molecule has 6 nitrogen and oxygen atoms in total. The van der Waals surface area contributed by atoms with Crippen molar-refractivity contribution in [3.63, 3.8) is 0 Å². The van der Waals surface area contributed by atoms with Crippen molar-refractivity contribution in [1.82, 2.24) is 9.97 Å². The van der Waals surface area contributed by atoms with Crippen molar-refractivity contribution < 1.29 is 4.79 Å². The minimum atomic E-state index is -0.0254. The number of anilines is 3. The standard InChI is InChI=1S/C21H27N5O/c27-21(17-5-4-14-26(16-17)20-15-22-10-11-23-20)24-18-6-8-19(9-7-18)25-12-2-1-3-13-25/h6-11,15,17H,1-5,12-14,16H2,(H,24,27)/t17-/m0/s1. The fourth-order valence-electron chi connectivity index (χ4n) is 4.01. The van der Waals surface area contributed by atoms with Gasteiger partial charge in [-0.3, -0.25) is 9.78 Å². The maximum atomic E-state index is 12.7. The minimum Gasteiger partial charge on any atom is -0.372 e. The summed E-state index contributed by atoms with van der Waals surface area (Å²) in [5, 5.41) is 3.09. The van der Waals surface area contributed by atoms with Crippen LogP contribution in [-0.2, 0) is 4.79 Å². The monoisotopic (exact) mass is 365 g/mol. The molecule has 1 aromatic carbocycles. The number of benzene rings is 1. The van der Waals surface area contributed by atoms with Crippen LogP contribution in [0.3, 0.4) is 0 Å². The predicted octanol–water partition coefficient (Wildman–Crippen LogP) is 3.32. The van der Waals surface area contributed by atoms with Gasteiger partial charge in [-0.15, -0.1) is 0 Å². The van der Waals surface area contributed by atoms with E-state index >= 15 is 0 Å². The van der Waals surface area contributed by atoms with Gasteiger partial charge in [0, 0.05) is 49.9 Å². The smallest absolute Gasteiger partial charge is 0.229 e. The van der Waals surface area contributed by atoms with Crippen LogP contribution in [0.25, 0.3) is 0 Å². The number of piperidine rings is 2. The summed E-state index contributed by atoms with van der Waals surface area (Å²) in [5.41, 5.74) is 2.12. The minimum absolute atomic E-state index is 0.0254. The molecule has 2 aliphatic heterocycles. The third-order valence-electron chi connectivity index (χ3n) is 5.52. The topological polar surface area (TPSA) is 61.4 Å². The van der Waals surface area contributed by atoms with Crippen molar-refractivity contribution in [2.24, 2.45) is 5.92 Å². The van der Waals surface area contributed by atoms with Crippen molar-refractivity contribution in [3.8, 4) is 0 Å². The average Bonchev–Trinajstić information content (AvgIpc) is 2.75. The van der Waals surface area contributed by atoms with Crippen LogP contribution in [0.4, 0.5) is 17.2 Å². The van der Waals surface area contributed by atoms with Gasteiger partial charge in [-0.2, -0.15) is 0 Å². The van der Waals surface area contributed by atoms with Crippen LogP contribution in [0.2, 0.25) is 0 Å². The Balaban J connectivity index is 1.35. The number of hydrogen-bond donors (Lipinski definition) is 1. The zero-order valence-corrected chi connectivity index (χ0v) is 15.7. The highest BCUT2D eigenvalue weighted by Crippen LogP contribution is 2.24. The highest BCUT2D eigenvalue weighted by Gasteiger charge is 2.26. The highest BCUT2D eigenvalue weighted by atomic mass is 16.1. The Labute approximate surface area is 160 Å². The van der Waals surface area contributed by atoms with Crippen molar-refractivity contribution in [2.45, 2.75) is 32.1 Å². The molecule has 0 aliphatic carbocycles. The van der Waals surface area contributed by atoms with E-state index in [1.807, 2.05) is 12.1 Å². The number of aromatic nitrogens is 2. The highest BCUT2D eigenvalue weighted by molar-refractivity contribution is 5.93. The second-order valence-corrected chi connectivity index (χ2v) is 7.43. The molecular formula is C21H27N5O. The zero-order valence-electron chi connectivity index (χ0n) is 15.7. The summed E-state index contributed by atoms with van der Waals surface area (Å²) in [6.45, 7) is 3.88. The van der Waals surface area contributed by atoms with Crippen LogP contribution >= 0.6 is 0 Å². The summed E-state index contributed by atoms with van der Waals surface area (Å²) in [6.07, 6.45) is 10.9. The molecule has 27 heavy (non-hydrogen) atoms. The molecule has 2 aromatic rings. The number of nitrogens with one attached hydrogen (secondary N) is 1. The van der Waals surface area contributed by atoms with Gasteiger partial charge in [-0.05, 0) is 56.4 Å². The second-order valence-electron chi connectivity index (χ2n) is 7.43. The molecule has 1 amide bonds. The van der Waals surface area contributed by atoms with E-state index in [4.69, 9.17) is 0 Å². The van der Waals surface area contributed by atoms with Crippen molar-refractivity contribution in [1.29, 1.82) is 0 Å². The molecule has 1 aromatic heterocycles. The first-order valence-corrected chi connectivity index (χ1v) is 9.96. The first-order valence-electron chi connectivity index (χ1n) is 9.96. The molecule has 4 rings (SSSR count). The molecule has 142 valence electrons. The van der Waals surface area contributed by atoms with Crippen LogP contribution in [0.1, 0.15) is 32.1 Å². The van der Waals surface area contributed by atoms with Crippen LogP contribution in [-0.4, -0.2) is 42.1 Å². The third-order valence-corrected chi connectivity index (χ3v) is 5.52. The maximum Gasteiger partial charge on any atom is 0.229 e. The number of rotatable bonds is 4. The number of carbonyl (C=O) groups excluding carboxylic acids is 1. The van der Waals surface area contributed by atoms with Gasteiger partial charge < -0.3 is 15.1 Å². The number of carbonyl (C=O) groups is 1. The molecule has 2 saturated heterocycles. The number of hydrogen-bond acceptors (Lipinski definition) is 5. The molecule has 2 aliphatic rings. The molecule has 3 heterocycles. The van der Waals surface area contributed by atoms with E-state index in [1.165, 1.54) is 24.9 Å². The predicted molar refractivity (Wildman–Crippen MR) is 108 cm³/mol. The normalized spacial score (nSPS) is 20.4. The third kappa shape index (κ3) is 4.38. The lowest BCUT2D eigenvalue weighted by Gasteiger charge is -2.32. The molecule has 0 bridgehead atoms. The molecule has 1 atom stereocenters. The van der Waals surface area contributed by atoms with E-state index in [1.54, 1.807) is 18.6 Å². The summed E-state index contributed by atoms with van der Waals surface area (Å²) < 4.78 is 0. The van der Waals surface area contributed by atoms with Gasteiger partial charge >= 0.3 is 0 Å². The maximum absolute atomic E-state index is 12.7. The van der Waals surface area contributed by atoms with Gasteiger partial charge in [-0.1, -0.05) is 0 Å². The molecule has 2 fully saturated rings. The fraction of sp³-hybridized carbons (Fsp3) is 0.476. The fourth-order valence-corrected chi connectivity index (χ4v) is 4.01. The molecule has 0 spiro atoms. The lowest BCUT2D eigenvalue weighted by atomic mass is 9.97. The molecule has 0 unspecified atom stereocenters.